The van der Waals surface area contributed by atoms with E-state index in [1.165, 1.54) is 0 Å². The Labute approximate surface area is 233 Å². The van der Waals surface area contributed by atoms with Gasteiger partial charge < -0.3 is 5.32 Å². The molecule has 1 aromatic heterocycles. The van der Waals surface area contributed by atoms with E-state index in [1.54, 1.807) is 11.2 Å². The lowest BCUT2D eigenvalue weighted by atomic mass is 10.0. The molecular weight excluding hydrogens is 508 g/mol. The van der Waals surface area contributed by atoms with E-state index in [9.17, 15) is 9.00 Å². The second kappa shape index (κ2) is 12.2. The quantitative estimate of drug-likeness (QED) is 0.461. The van der Waals surface area contributed by atoms with Crippen LogP contribution >= 0.6 is 0 Å². The van der Waals surface area contributed by atoms with E-state index < -0.39 is 10.8 Å². The fourth-order valence-corrected chi connectivity index (χ4v) is 5.27. The summed E-state index contributed by atoms with van der Waals surface area (Å²) in [6.45, 7) is 16.5. The summed E-state index contributed by atoms with van der Waals surface area (Å²) in [6, 6.07) is 7.44. The van der Waals surface area contributed by atoms with Gasteiger partial charge in [0.1, 0.15) is 6.33 Å². The molecule has 1 saturated heterocycles. The monoisotopic (exact) mass is 546 g/mol. The fraction of sp³-hybridized carbons (Fsp3) is 0.433. The number of rotatable bonds is 9. The maximum Gasteiger partial charge on any atom is 0.295 e. The number of carbonyl (C=O) groups is 1. The van der Waals surface area contributed by atoms with Gasteiger partial charge in [-0.1, -0.05) is 32.6 Å². The molecule has 2 fully saturated rings. The van der Waals surface area contributed by atoms with E-state index in [0.29, 0.717) is 29.7 Å². The molecule has 1 aliphatic heterocycles. The zero-order valence-electron chi connectivity index (χ0n) is 23.7. The van der Waals surface area contributed by atoms with Gasteiger partial charge in [-0.3, -0.25) is 18.9 Å². The summed E-state index contributed by atoms with van der Waals surface area (Å²) in [5.41, 5.74) is 5.89. The minimum Gasteiger partial charge on any atom is -0.333 e. The third-order valence-electron chi connectivity index (χ3n) is 7.08. The molecule has 2 aliphatic rings. The molecule has 9 heteroatoms. The van der Waals surface area contributed by atoms with Gasteiger partial charge in [0.2, 0.25) is 0 Å². The lowest BCUT2D eigenvalue weighted by molar-refractivity contribution is -0.122. The Bertz CT molecular complexity index is 1380. The number of hydrogen-bond donors (Lipinski definition) is 1. The highest BCUT2D eigenvalue weighted by atomic mass is 32.2. The third kappa shape index (κ3) is 6.24. The molecule has 206 valence electrons. The summed E-state index contributed by atoms with van der Waals surface area (Å²) < 4.78 is 12.1. The van der Waals surface area contributed by atoms with Crippen molar-refractivity contribution in [3.8, 4) is 0 Å². The van der Waals surface area contributed by atoms with Crippen molar-refractivity contribution >= 4 is 34.1 Å². The first-order valence-corrected chi connectivity index (χ1v) is 14.9. The van der Waals surface area contributed by atoms with Crippen LogP contribution in [0.15, 0.2) is 63.3 Å². The normalized spacial score (nSPS) is 19.3. The molecule has 1 aliphatic carbocycles. The molecule has 2 atom stereocenters. The molecule has 1 N–H and O–H groups in total. The Morgan fingerprint density at radius 1 is 1.21 bits per heavy atom. The predicted molar refractivity (Wildman–Crippen MR) is 158 cm³/mol. The van der Waals surface area contributed by atoms with E-state index in [1.807, 2.05) is 65.8 Å². The van der Waals surface area contributed by atoms with Crippen LogP contribution in [0, 0.1) is 6.92 Å². The van der Waals surface area contributed by atoms with Crippen molar-refractivity contribution in [1.29, 1.82) is 0 Å². The zero-order chi connectivity index (χ0) is 28.3. The molecule has 1 amide bonds. The Morgan fingerprint density at radius 2 is 1.90 bits per heavy atom. The zero-order valence-corrected chi connectivity index (χ0v) is 24.6. The van der Waals surface area contributed by atoms with E-state index >= 15 is 0 Å². The Kier molecular flexibility index (Phi) is 8.90. The Balaban J connectivity index is 1.70. The van der Waals surface area contributed by atoms with Crippen LogP contribution in [0.2, 0.25) is 0 Å². The van der Waals surface area contributed by atoms with Crippen LogP contribution in [0.5, 0.6) is 0 Å². The highest BCUT2D eigenvalue weighted by Crippen LogP contribution is 2.42. The molecule has 0 radical (unpaired) electrons. The molecule has 2 unspecified atom stereocenters. The first-order valence-electron chi connectivity index (χ1n) is 13.6. The van der Waals surface area contributed by atoms with Gasteiger partial charge in [-0.25, -0.2) is 15.0 Å². The van der Waals surface area contributed by atoms with Crippen LogP contribution in [-0.4, -0.2) is 48.4 Å². The van der Waals surface area contributed by atoms with Crippen molar-refractivity contribution < 1.29 is 9.00 Å². The van der Waals surface area contributed by atoms with Crippen molar-refractivity contribution in [3.63, 3.8) is 0 Å². The van der Waals surface area contributed by atoms with Gasteiger partial charge >= 0.3 is 0 Å². The van der Waals surface area contributed by atoms with Crippen molar-refractivity contribution in [2.45, 2.75) is 84.2 Å². The molecule has 0 spiro atoms. The number of carbonyl (C=O) groups excluding carboxylic acids is 1. The third-order valence-corrected chi connectivity index (χ3v) is 8.40. The number of benzene rings is 1. The Hall–Kier alpha value is -3.46. The minimum atomic E-state index is -1.00. The molecular formula is C30H38N6O2S. The van der Waals surface area contributed by atoms with Crippen LogP contribution in [-0.2, 0) is 22.1 Å². The first kappa shape index (κ1) is 28.5. The van der Waals surface area contributed by atoms with Gasteiger partial charge in [0, 0.05) is 28.2 Å². The van der Waals surface area contributed by atoms with E-state index in [4.69, 9.17) is 4.99 Å². The second-order valence-electron chi connectivity index (χ2n) is 10.3. The van der Waals surface area contributed by atoms with Gasteiger partial charge in [-0.15, -0.1) is 0 Å². The molecule has 1 aromatic carbocycles. The first-order chi connectivity index (χ1) is 18.7. The van der Waals surface area contributed by atoms with Crippen LogP contribution < -0.4 is 5.32 Å². The largest absolute Gasteiger partial charge is 0.333 e. The van der Waals surface area contributed by atoms with Gasteiger partial charge in [0.05, 0.1) is 40.1 Å². The van der Waals surface area contributed by atoms with Crippen molar-refractivity contribution in [2.24, 2.45) is 9.98 Å². The number of amidine groups is 2. The van der Waals surface area contributed by atoms with Gasteiger partial charge in [-0.2, -0.15) is 0 Å². The van der Waals surface area contributed by atoms with Crippen LogP contribution in [0.4, 0.5) is 0 Å². The number of piperazine rings is 1. The number of aliphatic imine (C=N–C) groups is 2. The average molecular weight is 547 g/mol. The number of allylic oxidation sites excluding steroid dienone is 1. The number of nitrogens with one attached hydrogen (secondary N) is 1. The SMILES string of the molecule is C=C(N=C1C(=C(C)C)NC(=NCc2ccc(S(=O)CC)cc2)C(=O)N1C(C)CC)c1c(C)ncnc1C1CC1. The highest BCUT2D eigenvalue weighted by Gasteiger charge is 2.37. The topological polar surface area (TPSA) is 99.9 Å². The maximum absolute atomic E-state index is 13.8. The van der Waals surface area contributed by atoms with Crippen molar-refractivity contribution in [3.05, 3.63) is 71.0 Å². The Morgan fingerprint density at radius 3 is 2.49 bits per heavy atom. The molecule has 2 aromatic rings. The summed E-state index contributed by atoms with van der Waals surface area (Å²) in [6.07, 6.45) is 4.55. The molecule has 2 heterocycles. The molecule has 0 bridgehead atoms. The van der Waals surface area contributed by atoms with Crippen molar-refractivity contribution in [1.82, 2.24) is 20.2 Å². The summed E-state index contributed by atoms with van der Waals surface area (Å²) in [7, 11) is -1.00. The van der Waals surface area contributed by atoms with Crippen LogP contribution in [0.3, 0.4) is 0 Å². The lowest BCUT2D eigenvalue weighted by Gasteiger charge is -2.36. The number of nitrogens with zero attached hydrogens (tertiary/aromatic N) is 5. The smallest absolute Gasteiger partial charge is 0.295 e. The molecule has 1 saturated carbocycles. The molecule has 39 heavy (non-hydrogen) atoms. The van der Waals surface area contributed by atoms with Gasteiger partial charge in [-0.05, 0) is 70.2 Å². The van der Waals surface area contributed by atoms with Crippen molar-refractivity contribution in [2.75, 3.05) is 5.75 Å². The minimum absolute atomic E-state index is 0.106. The molecule has 4 rings (SSSR count). The van der Waals surface area contributed by atoms with Crippen LogP contribution in [0.1, 0.15) is 82.3 Å². The molecule has 8 nitrogen and oxygen atoms in total. The number of amides is 1. The standard InChI is InChI=1S/C30H38N6O2S/c1-8-19(5)36-29(34-21(7)25-20(6)32-17-33-27(25)23-12-13-23)26(18(3)4)35-28(30(36)37)31-16-22-10-14-24(15-11-22)39(38)9-2/h10-11,14-15,17,19,23H,7-9,12-13,16H2,1-6H3,(H,31,35). The summed E-state index contributed by atoms with van der Waals surface area (Å²) in [4.78, 5) is 34.9. The summed E-state index contributed by atoms with van der Waals surface area (Å²) in [5, 5.41) is 3.28. The van der Waals surface area contributed by atoms with Crippen LogP contribution in [0.25, 0.3) is 5.70 Å². The van der Waals surface area contributed by atoms with Gasteiger partial charge in [0.25, 0.3) is 5.91 Å². The predicted octanol–water partition coefficient (Wildman–Crippen LogP) is 5.28. The second-order valence-corrected chi connectivity index (χ2v) is 12.0. The summed E-state index contributed by atoms with van der Waals surface area (Å²) in [5.74, 6) is 1.57. The maximum atomic E-state index is 13.8. The van der Waals surface area contributed by atoms with E-state index in [-0.39, 0.29) is 17.8 Å². The number of aryl methyl sites for hydroxylation is 1. The fourth-order valence-electron chi connectivity index (χ4n) is 4.50. The highest BCUT2D eigenvalue weighted by molar-refractivity contribution is 7.85. The summed E-state index contributed by atoms with van der Waals surface area (Å²) >= 11 is 0. The van der Waals surface area contributed by atoms with E-state index in [2.05, 4.69) is 26.9 Å². The number of aromatic nitrogens is 2. The van der Waals surface area contributed by atoms with E-state index in [0.717, 1.165) is 57.9 Å². The average Bonchev–Trinajstić information content (AvgIpc) is 3.77. The number of hydrogen-bond acceptors (Lipinski definition) is 6. The van der Waals surface area contributed by atoms with Gasteiger partial charge in [0.15, 0.2) is 11.7 Å². The lowest BCUT2D eigenvalue weighted by Crippen LogP contribution is -2.57.